The summed E-state index contributed by atoms with van der Waals surface area (Å²) >= 11 is 6.62. The summed E-state index contributed by atoms with van der Waals surface area (Å²) in [4.78, 5) is 19.2. The lowest BCUT2D eigenvalue weighted by Gasteiger charge is -2.36. The molecule has 1 fully saturated rings. The van der Waals surface area contributed by atoms with E-state index < -0.39 is 0 Å². The van der Waals surface area contributed by atoms with Gasteiger partial charge in [0.25, 0.3) is 0 Å². The molecule has 3 aromatic rings. The molecule has 0 amide bonds. The number of hydrogen-bond donors (Lipinski definition) is 3. The second kappa shape index (κ2) is 18.0. The highest BCUT2D eigenvalue weighted by Crippen LogP contribution is 2.33. The molecule has 1 aliphatic rings. The first-order valence-electron chi connectivity index (χ1n) is 14.6. The Bertz CT molecular complexity index is 1320. The molecule has 4 rings (SSSR count). The molecule has 3 N–H and O–H groups in total. The van der Waals surface area contributed by atoms with Crippen LogP contribution < -0.4 is 10.1 Å². The van der Waals surface area contributed by atoms with Crippen LogP contribution in [0.2, 0.25) is 5.02 Å². The van der Waals surface area contributed by atoms with Crippen molar-refractivity contribution in [1.29, 1.82) is 0 Å². The van der Waals surface area contributed by atoms with Crippen LogP contribution in [-0.2, 0) is 0 Å². The minimum atomic E-state index is 0.106. The van der Waals surface area contributed by atoms with E-state index in [0.717, 1.165) is 67.4 Å². The Morgan fingerprint density at radius 2 is 1.88 bits per heavy atom. The third-order valence-electron chi connectivity index (χ3n) is 6.35. The molecule has 3 heterocycles. The van der Waals surface area contributed by atoms with Crippen molar-refractivity contribution in [3.05, 3.63) is 59.2 Å². The summed E-state index contributed by atoms with van der Waals surface area (Å²) in [5.74, 6) is 2.49. The van der Waals surface area contributed by atoms with Crippen LogP contribution in [0.1, 0.15) is 39.1 Å². The normalized spacial score (nSPS) is 14.2. The Balaban J connectivity index is 0.00000148. The molecule has 0 spiro atoms. The van der Waals surface area contributed by atoms with Gasteiger partial charge in [0.05, 0.1) is 10.7 Å². The third kappa shape index (κ3) is 10.0. The number of fused-ring (bicyclic) bond motifs is 1. The number of H-pyrrole nitrogens is 2. The fourth-order valence-electron chi connectivity index (χ4n) is 4.23. The standard InChI is InChI=1S/C27H36ClN9O.2C2H6/c1-6-20-16-25(34-33-20)32-24(29-3)17-26(37-13-11-36(12-14-37)10-9-35(4)5)30-18-38-23-8-7-22-21(27(23)28)15-19(2)31-22;2*1-2/h6-8,15-17,31H,1,3,9-14,18H2,2,4-5H3,(H2,32,33,34);2*1-2H3/b24-17+,30-26+;;. The van der Waals surface area contributed by atoms with E-state index in [1.54, 1.807) is 6.08 Å². The second-order valence-electron chi connectivity index (χ2n) is 9.44. The summed E-state index contributed by atoms with van der Waals surface area (Å²) in [6, 6.07) is 7.68. The number of halogens is 1. The Kier molecular flexibility index (Phi) is 14.9. The summed E-state index contributed by atoms with van der Waals surface area (Å²) in [6.45, 7) is 23.2. The number of rotatable bonds is 11. The third-order valence-corrected chi connectivity index (χ3v) is 6.74. The van der Waals surface area contributed by atoms with Gasteiger partial charge in [-0.25, -0.2) is 9.98 Å². The zero-order chi connectivity index (χ0) is 31.1. The van der Waals surface area contributed by atoms with Crippen LogP contribution in [0.5, 0.6) is 5.75 Å². The number of likely N-dealkylation sites (N-methyl/N-ethyl adjacent to an activating group) is 1. The predicted octanol–water partition coefficient (Wildman–Crippen LogP) is 6.12. The van der Waals surface area contributed by atoms with Crippen LogP contribution in [0, 0.1) is 6.92 Å². The van der Waals surface area contributed by atoms with Crippen LogP contribution >= 0.6 is 11.6 Å². The maximum Gasteiger partial charge on any atom is 0.181 e. The average Bonchev–Trinajstić information content (AvgIpc) is 3.64. The fourth-order valence-corrected chi connectivity index (χ4v) is 4.50. The van der Waals surface area contributed by atoms with Crippen LogP contribution in [0.25, 0.3) is 17.0 Å². The van der Waals surface area contributed by atoms with Crippen LogP contribution in [0.4, 0.5) is 5.82 Å². The monoisotopic (exact) mass is 597 g/mol. The van der Waals surface area contributed by atoms with Gasteiger partial charge in [-0.1, -0.05) is 45.9 Å². The predicted molar refractivity (Wildman–Crippen MR) is 180 cm³/mol. The molecule has 11 heteroatoms. The maximum absolute atomic E-state index is 6.62. The number of aromatic nitrogens is 3. The van der Waals surface area contributed by atoms with E-state index in [1.165, 1.54) is 0 Å². The lowest BCUT2D eigenvalue weighted by atomic mass is 10.2. The van der Waals surface area contributed by atoms with Crippen molar-refractivity contribution in [3.8, 4) is 5.75 Å². The number of nitrogens with zero attached hydrogens (tertiary/aromatic N) is 6. The summed E-state index contributed by atoms with van der Waals surface area (Å²) in [7, 11) is 4.20. The van der Waals surface area contributed by atoms with Crippen LogP contribution in [0.3, 0.4) is 0 Å². The van der Waals surface area contributed by atoms with E-state index >= 15 is 0 Å². The molecule has 0 unspecified atom stereocenters. The first kappa shape index (κ1) is 34.6. The number of amidine groups is 1. The lowest BCUT2D eigenvalue weighted by Crippen LogP contribution is -2.49. The molecule has 0 radical (unpaired) electrons. The van der Waals surface area contributed by atoms with Crippen molar-refractivity contribution < 1.29 is 4.74 Å². The van der Waals surface area contributed by atoms with Gasteiger partial charge in [-0.3, -0.25) is 10.00 Å². The molecule has 42 heavy (non-hydrogen) atoms. The van der Waals surface area contributed by atoms with Gasteiger partial charge in [0.1, 0.15) is 17.4 Å². The highest BCUT2D eigenvalue weighted by atomic mass is 35.5. The molecule has 1 aliphatic heterocycles. The smallest absolute Gasteiger partial charge is 0.181 e. The van der Waals surface area contributed by atoms with E-state index in [0.29, 0.717) is 22.4 Å². The van der Waals surface area contributed by atoms with Gasteiger partial charge in [-0.2, -0.15) is 5.10 Å². The Morgan fingerprint density at radius 3 is 2.50 bits per heavy atom. The number of benzene rings is 1. The highest BCUT2D eigenvalue weighted by molar-refractivity contribution is 6.37. The van der Waals surface area contributed by atoms with Crippen molar-refractivity contribution in [3.63, 3.8) is 0 Å². The van der Waals surface area contributed by atoms with Crippen LogP contribution in [0.15, 0.2) is 52.7 Å². The molecule has 0 atom stereocenters. The van der Waals surface area contributed by atoms with Crippen molar-refractivity contribution in [2.75, 3.05) is 65.4 Å². The molecule has 0 bridgehead atoms. The van der Waals surface area contributed by atoms with Gasteiger partial charge in [0, 0.05) is 68.0 Å². The summed E-state index contributed by atoms with van der Waals surface area (Å²) in [6.07, 6.45) is 3.56. The molecular formula is C31H48ClN9O. The fraction of sp³-hybridized carbons (Fsp3) is 0.452. The summed E-state index contributed by atoms with van der Waals surface area (Å²) < 4.78 is 6.01. The van der Waals surface area contributed by atoms with Crippen molar-refractivity contribution in [1.82, 2.24) is 29.9 Å². The number of nitrogens with one attached hydrogen (secondary N) is 3. The van der Waals surface area contributed by atoms with E-state index in [9.17, 15) is 0 Å². The van der Waals surface area contributed by atoms with Crippen molar-refractivity contribution in [2.24, 2.45) is 9.98 Å². The van der Waals surface area contributed by atoms with Gasteiger partial charge < -0.3 is 24.8 Å². The van der Waals surface area contributed by atoms with Gasteiger partial charge >= 0.3 is 0 Å². The maximum atomic E-state index is 6.62. The molecule has 1 aromatic carbocycles. The quantitative estimate of drug-likeness (QED) is 0.182. The Labute approximate surface area is 256 Å². The summed E-state index contributed by atoms with van der Waals surface area (Å²) in [5, 5.41) is 11.8. The van der Waals surface area contributed by atoms with Crippen molar-refractivity contribution >= 4 is 47.0 Å². The highest BCUT2D eigenvalue weighted by Gasteiger charge is 2.20. The van der Waals surface area contributed by atoms with E-state index in [1.807, 2.05) is 65.0 Å². The Hall–Kier alpha value is -3.60. The largest absolute Gasteiger partial charge is 0.470 e. The zero-order valence-corrected chi connectivity index (χ0v) is 27.1. The van der Waals surface area contributed by atoms with Gasteiger partial charge in [0.15, 0.2) is 12.5 Å². The van der Waals surface area contributed by atoms with Gasteiger partial charge in [0.2, 0.25) is 0 Å². The Morgan fingerprint density at radius 1 is 1.17 bits per heavy atom. The number of anilines is 1. The molecule has 2 aromatic heterocycles. The molecule has 0 saturated carbocycles. The van der Waals surface area contributed by atoms with Gasteiger partial charge in [-0.05, 0) is 52.0 Å². The molecule has 230 valence electrons. The molecule has 0 aliphatic carbocycles. The van der Waals surface area contributed by atoms with Crippen molar-refractivity contribution in [2.45, 2.75) is 34.6 Å². The molecule has 10 nitrogen and oxygen atoms in total. The van der Waals surface area contributed by atoms with Gasteiger partial charge in [-0.15, -0.1) is 0 Å². The first-order chi connectivity index (χ1) is 20.4. The number of aryl methyl sites for hydroxylation is 1. The zero-order valence-electron chi connectivity index (χ0n) is 26.3. The van der Waals surface area contributed by atoms with E-state index in [2.05, 4.69) is 67.6 Å². The number of hydrogen-bond acceptors (Lipinski definition) is 7. The SMILES string of the molecule is C=Cc1cc(N/C(=C/C(=N\COc2ccc3[nH]c(C)cc3c2Cl)N2CCN(CCN(C)C)CC2)N=C)n[nH]1.CC.CC. The minimum Gasteiger partial charge on any atom is -0.470 e. The summed E-state index contributed by atoms with van der Waals surface area (Å²) in [5.41, 5.74) is 2.83. The van der Waals surface area contributed by atoms with Crippen LogP contribution in [-0.4, -0.2) is 103 Å². The van der Waals surface area contributed by atoms with E-state index in [4.69, 9.17) is 21.3 Å². The average molecular weight is 598 g/mol. The number of piperazine rings is 1. The number of aliphatic imine (C=N–C) groups is 2. The number of aromatic amines is 2. The molecular weight excluding hydrogens is 550 g/mol. The first-order valence-corrected chi connectivity index (χ1v) is 14.9. The number of ether oxygens (including phenoxy) is 1. The lowest BCUT2D eigenvalue weighted by molar-refractivity contribution is 0.169. The van der Waals surface area contributed by atoms with E-state index in [-0.39, 0.29) is 6.73 Å². The topological polar surface area (TPSA) is 100 Å². The second-order valence-corrected chi connectivity index (χ2v) is 9.82. The minimum absolute atomic E-state index is 0.106. The molecule has 1 saturated heterocycles.